The molecule has 0 radical (unpaired) electrons. The second-order valence-corrected chi connectivity index (χ2v) is 3.80. The number of hydrogen-bond acceptors (Lipinski definition) is 3. The molecule has 3 heteroatoms. The van der Waals surface area contributed by atoms with Gasteiger partial charge in [0.05, 0.1) is 4.88 Å². The second-order valence-electron chi connectivity index (χ2n) is 2.88. The number of hydrogen-bond donors (Lipinski definition) is 0. The monoisotopic (exact) mass is 202 g/mol. The highest BCUT2D eigenvalue weighted by Gasteiger charge is 2.02. The van der Waals surface area contributed by atoms with E-state index in [1.54, 1.807) is 23.7 Å². The van der Waals surface area contributed by atoms with Gasteiger partial charge in [-0.2, -0.15) is 0 Å². The first-order valence-electron chi connectivity index (χ1n) is 4.36. The molecule has 0 aromatic carbocycles. The summed E-state index contributed by atoms with van der Waals surface area (Å²) in [7, 11) is 0. The van der Waals surface area contributed by atoms with E-state index in [4.69, 9.17) is 0 Å². The Bertz CT molecular complexity index is 420. The number of allylic oxidation sites excluding steroid dienone is 1. The average molecular weight is 202 g/mol. The summed E-state index contributed by atoms with van der Waals surface area (Å²) < 4.78 is 0. The Morgan fingerprint density at radius 1 is 1.36 bits per heavy atom. The molecule has 14 heavy (non-hydrogen) atoms. The third-order valence-corrected chi connectivity index (χ3v) is 2.79. The van der Waals surface area contributed by atoms with Gasteiger partial charge in [0.25, 0.3) is 0 Å². The van der Waals surface area contributed by atoms with Crippen LogP contribution in [0.3, 0.4) is 0 Å². The molecule has 0 amide bonds. The molecular weight excluding hydrogens is 192 g/mol. The molecule has 2 aromatic heterocycles. The van der Waals surface area contributed by atoms with Gasteiger partial charge in [0.1, 0.15) is 0 Å². The lowest BCUT2D eigenvalue weighted by Crippen LogP contribution is -1.82. The first-order valence-corrected chi connectivity index (χ1v) is 5.24. The second kappa shape index (κ2) is 4.15. The fourth-order valence-electron chi connectivity index (χ4n) is 1.19. The van der Waals surface area contributed by atoms with Gasteiger partial charge in [0.2, 0.25) is 0 Å². The molecule has 0 aliphatic carbocycles. The van der Waals surface area contributed by atoms with Crippen molar-refractivity contribution in [2.45, 2.75) is 6.42 Å². The predicted octanol–water partition coefficient (Wildman–Crippen LogP) is 2.93. The van der Waals surface area contributed by atoms with E-state index < -0.39 is 0 Å². The Morgan fingerprint density at radius 3 is 2.86 bits per heavy atom. The third kappa shape index (κ3) is 1.88. The summed E-state index contributed by atoms with van der Waals surface area (Å²) in [4.78, 5) is 9.51. The molecule has 0 fully saturated rings. The Balaban J connectivity index is 2.29. The SMILES string of the molecule is C=CCc1csc(-c2ncccn2)c1. The molecule has 0 aliphatic rings. The number of thiophene rings is 1. The maximum atomic E-state index is 4.20. The van der Waals surface area contributed by atoms with Crippen molar-refractivity contribution < 1.29 is 0 Å². The number of nitrogens with zero attached hydrogens (tertiary/aromatic N) is 2. The Kier molecular flexibility index (Phi) is 2.70. The summed E-state index contributed by atoms with van der Waals surface area (Å²) in [6, 6.07) is 3.93. The maximum Gasteiger partial charge on any atom is 0.169 e. The summed E-state index contributed by atoms with van der Waals surface area (Å²) in [6.07, 6.45) is 6.32. The van der Waals surface area contributed by atoms with Gasteiger partial charge in [-0.25, -0.2) is 9.97 Å². The van der Waals surface area contributed by atoms with Gasteiger partial charge in [-0.1, -0.05) is 6.08 Å². The van der Waals surface area contributed by atoms with Crippen molar-refractivity contribution in [2.75, 3.05) is 0 Å². The van der Waals surface area contributed by atoms with Crippen LogP contribution in [0.5, 0.6) is 0 Å². The van der Waals surface area contributed by atoms with Crippen LogP contribution >= 0.6 is 11.3 Å². The van der Waals surface area contributed by atoms with Crippen LogP contribution in [0.2, 0.25) is 0 Å². The topological polar surface area (TPSA) is 25.8 Å². The van der Waals surface area contributed by atoms with E-state index in [1.807, 2.05) is 12.1 Å². The van der Waals surface area contributed by atoms with Crippen molar-refractivity contribution in [2.24, 2.45) is 0 Å². The highest BCUT2D eigenvalue weighted by molar-refractivity contribution is 7.13. The van der Waals surface area contributed by atoms with Crippen LogP contribution in [-0.2, 0) is 6.42 Å². The Hall–Kier alpha value is -1.48. The summed E-state index contributed by atoms with van der Waals surface area (Å²) >= 11 is 1.67. The molecule has 0 spiro atoms. The van der Waals surface area contributed by atoms with Crippen LogP contribution in [0, 0.1) is 0 Å². The van der Waals surface area contributed by atoms with E-state index in [-0.39, 0.29) is 0 Å². The molecule has 2 nitrogen and oxygen atoms in total. The summed E-state index contributed by atoms with van der Waals surface area (Å²) in [5.74, 6) is 0.799. The Morgan fingerprint density at radius 2 is 2.14 bits per heavy atom. The van der Waals surface area contributed by atoms with Gasteiger partial charge >= 0.3 is 0 Å². The lowest BCUT2D eigenvalue weighted by atomic mass is 10.2. The standard InChI is InChI=1S/C11H10N2S/c1-2-4-9-7-10(14-8-9)11-12-5-3-6-13-11/h2-3,5-8H,1,4H2. The molecule has 2 rings (SSSR count). The molecule has 0 unspecified atom stereocenters. The van der Waals surface area contributed by atoms with Crippen LogP contribution in [0.1, 0.15) is 5.56 Å². The fraction of sp³-hybridized carbons (Fsp3) is 0.0909. The minimum Gasteiger partial charge on any atom is -0.236 e. The normalized spacial score (nSPS) is 10.0. The highest BCUT2D eigenvalue weighted by Crippen LogP contribution is 2.23. The van der Waals surface area contributed by atoms with Crippen molar-refractivity contribution in [1.82, 2.24) is 9.97 Å². The van der Waals surface area contributed by atoms with E-state index in [2.05, 4.69) is 28.0 Å². The van der Waals surface area contributed by atoms with Crippen molar-refractivity contribution in [3.63, 3.8) is 0 Å². The first-order chi connectivity index (χ1) is 6.90. The minimum atomic E-state index is 0.799. The van der Waals surface area contributed by atoms with E-state index in [9.17, 15) is 0 Å². The molecule has 0 aliphatic heterocycles. The summed E-state index contributed by atoms with van der Waals surface area (Å²) in [5.41, 5.74) is 1.27. The smallest absolute Gasteiger partial charge is 0.169 e. The van der Waals surface area contributed by atoms with Crippen LogP contribution in [0.4, 0.5) is 0 Å². The van der Waals surface area contributed by atoms with Gasteiger partial charge in [-0.15, -0.1) is 17.9 Å². The van der Waals surface area contributed by atoms with Crippen molar-refractivity contribution >= 4 is 11.3 Å². The van der Waals surface area contributed by atoms with Gasteiger partial charge in [0.15, 0.2) is 5.82 Å². The zero-order valence-electron chi connectivity index (χ0n) is 7.68. The quantitative estimate of drug-likeness (QED) is 0.715. The molecule has 0 atom stereocenters. The van der Waals surface area contributed by atoms with Gasteiger partial charge in [-0.05, 0) is 29.5 Å². The summed E-state index contributed by atoms with van der Waals surface area (Å²) in [6.45, 7) is 3.71. The average Bonchev–Trinajstić information content (AvgIpc) is 2.68. The van der Waals surface area contributed by atoms with E-state index in [0.29, 0.717) is 0 Å². The van der Waals surface area contributed by atoms with Crippen molar-refractivity contribution in [1.29, 1.82) is 0 Å². The first kappa shape index (κ1) is 9.09. The van der Waals surface area contributed by atoms with E-state index in [0.717, 1.165) is 17.1 Å². The predicted molar refractivity (Wildman–Crippen MR) is 59.2 cm³/mol. The van der Waals surface area contributed by atoms with Gasteiger partial charge in [-0.3, -0.25) is 0 Å². The van der Waals surface area contributed by atoms with Crippen molar-refractivity contribution in [3.8, 4) is 10.7 Å². The Labute approximate surface area is 87.0 Å². The van der Waals surface area contributed by atoms with Crippen LogP contribution in [-0.4, -0.2) is 9.97 Å². The molecule has 0 saturated heterocycles. The lowest BCUT2D eigenvalue weighted by molar-refractivity contribution is 1.18. The number of aromatic nitrogens is 2. The lowest BCUT2D eigenvalue weighted by Gasteiger charge is -1.92. The molecule has 0 bridgehead atoms. The van der Waals surface area contributed by atoms with Crippen molar-refractivity contribution in [3.05, 3.63) is 48.1 Å². The fourth-order valence-corrected chi connectivity index (χ4v) is 2.07. The van der Waals surface area contributed by atoms with Crippen LogP contribution in [0.15, 0.2) is 42.6 Å². The molecular formula is C11H10N2S. The largest absolute Gasteiger partial charge is 0.236 e. The molecule has 0 N–H and O–H groups in total. The highest BCUT2D eigenvalue weighted by atomic mass is 32.1. The maximum absolute atomic E-state index is 4.20. The van der Waals surface area contributed by atoms with Gasteiger partial charge < -0.3 is 0 Å². The van der Waals surface area contributed by atoms with Crippen LogP contribution < -0.4 is 0 Å². The zero-order chi connectivity index (χ0) is 9.80. The summed E-state index contributed by atoms with van der Waals surface area (Å²) in [5, 5.41) is 2.12. The van der Waals surface area contributed by atoms with Crippen LogP contribution in [0.25, 0.3) is 10.7 Å². The molecule has 0 saturated carbocycles. The molecule has 70 valence electrons. The van der Waals surface area contributed by atoms with E-state index in [1.165, 1.54) is 5.56 Å². The zero-order valence-corrected chi connectivity index (χ0v) is 8.50. The van der Waals surface area contributed by atoms with Gasteiger partial charge in [0, 0.05) is 12.4 Å². The third-order valence-electron chi connectivity index (χ3n) is 1.82. The number of rotatable bonds is 3. The molecule has 2 heterocycles. The van der Waals surface area contributed by atoms with E-state index >= 15 is 0 Å². The minimum absolute atomic E-state index is 0.799. The molecule has 2 aromatic rings.